The van der Waals surface area contributed by atoms with Crippen LogP contribution in [0.15, 0.2) is 10.7 Å². The van der Waals surface area contributed by atoms with Crippen molar-refractivity contribution in [2.75, 3.05) is 12.8 Å². The van der Waals surface area contributed by atoms with Gasteiger partial charge >= 0.3 is 0 Å². The Balaban J connectivity index is 2.23. The minimum absolute atomic E-state index is 0.531. The van der Waals surface area contributed by atoms with Gasteiger partial charge in [0.1, 0.15) is 6.33 Å². The van der Waals surface area contributed by atoms with Crippen LogP contribution in [0.3, 0.4) is 0 Å². The SMILES string of the molecule is CNC(C)CSc1ncns1. The fourth-order valence-corrected chi connectivity index (χ4v) is 2.01. The van der Waals surface area contributed by atoms with Crippen LogP contribution in [0.25, 0.3) is 0 Å². The summed E-state index contributed by atoms with van der Waals surface area (Å²) in [7, 11) is 1.96. The van der Waals surface area contributed by atoms with E-state index in [1.807, 2.05) is 7.05 Å². The molecule has 1 aromatic heterocycles. The molecule has 1 heterocycles. The lowest BCUT2D eigenvalue weighted by Gasteiger charge is -2.06. The van der Waals surface area contributed by atoms with Gasteiger partial charge in [0.2, 0.25) is 0 Å². The maximum absolute atomic E-state index is 4.07. The van der Waals surface area contributed by atoms with Gasteiger partial charge < -0.3 is 5.32 Å². The molecule has 5 heteroatoms. The standard InChI is InChI=1S/C6H11N3S2/c1-5(7-2)3-10-6-8-4-9-11-6/h4-5,7H,3H2,1-2H3. The summed E-state index contributed by atoms with van der Waals surface area (Å²) in [5.41, 5.74) is 0. The second-order valence-electron chi connectivity index (χ2n) is 2.21. The normalized spacial score (nSPS) is 13.3. The Hall–Kier alpha value is -0.130. The number of rotatable bonds is 4. The van der Waals surface area contributed by atoms with Crippen LogP contribution in [0.4, 0.5) is 0 Å². The first kappa shape index (κ1) is 8.96. The molecule has 1 N–H and O–H groups in total. The van der Waals surface area contributed by atoms with Crippen molar-refractivity contribution in [3.8, 4) is 0 Å². The number of hydrogen-bond acceptors (Lipinski definition) is 5. The van der Waals surface area contributed by atoms with E-state index in [0.29, 0.717) is 6.04 Å². The molecule has 0 bridgehead atoms. The van der Waals surface area contributed by atoms with Crippen LogP contribution < -0.4 is 5.32 Å². The minimum Gasteiger partial charge on any atom is -0.316 e. The van der Waals surface area contributed by atoms with Gasteiger partial charge in [0.05, 0.1) is 0 Å². The molecule has 0 aromatic carbocycles. The van der Waals surface area contributed by atoms with Gasteiger partial charge in [0.25, 0.3) is 0 Å². The third-order valence-electron chi connectivity index (χ3n) is 1.29. The maximum Gasteiger partial charge on any atom is 0.169 e. The Morgan fingerprint density at radius 3 is 3.18 bits per heavy atom. The molecule has 0 aliphatic carbocycles. The zero-order chi connectivity index (χ0) is 8.10. The highest BCUT2D eigenvalue weighted by molar-refractivity contribution is 8.00. The summed E-state index contributed by atoms with van der Waals surface area (Å²) in [6.45, 7) is 2.15. The average Bonchev–Trinajstić information content (AvgIpc) is 2.52. The number of nitrogens with one attached hydrogen (secondary N) is 1. The van der Waals surface area contributed by atoms with Crippen molar-refractivity contribution in [2.45, 2.75) is 17.3 Å². The van der Waals surface area contributed by atoms with Crippen LogP contribution in [0.2, 0.25) is 0 Å². The summed E-state index contributed by atoms with van der Waals surface area (Å²) in [6, 6.07) is 0.531. The molecule has 0 aliphatic rings. The van der Waals surface area contributed by atoms with Crippen LogP contribution >= 0.6 is 23.3 Å². The first-order valence-electron chi connectivity index (χ1n) is 3.39. The van der Waals surface area contributed by atoms with Gasteiger partial charge in [-0.25, -0.2) is 4.98 Å². The lowest BCUT2D eigenvalue weighted by Crippen LogP contribution is -2.23. The molecule has 0 amide bonds. The Morgan fingerprint density at radius 2 is 2.64 bits per heavy atom. The topological polar surface area (TPSA) is 37.8 Å². The quantitative estimate of drug-likeness (QED) is 0.723. The lowest BCUT2D eigenvalue weighted by molar-refractivity contribution is 0.677. The van der Waals surface area contributed by atoms with E-state index in [1.54, 1.807) is 18.1 Å². The predicted octanol–water partition coefficient (Wildman–Crippen LogP) is 1.24. The Kier molecular flexibility index (Phi) is 3.82. The fourth-order valence-electron chi connectivity index (χ4n) is 0.506. The maximum atomic E-state index is 4.07. The second-order valence-corrected chi connectivity index (χ2v) is 4.26. The summed E-state index contributed by atoms with van der Waals surface area (Å²) in [5.74, 6) is 1.05. The molecule has 0 saturated heterocycles. The van der Waals surface area contributed by atoms with Crippen LogP contribution in [0.5, 0.6) is 0 Å². The summed E-state index contributed by atoms with van der Waals surface area (Å²) in [4.78, 5) is 4.07. The van der Waals surface area contributed by atoms with Crippen molar-refractivity contribution in [2.24, 2.45) is 0 Å². The van der Waals surface area contributed by atoms with Gasteiger partial charge in [0, 0.05) is 11.8 Å². The van der Waals surface area contributed by atoms with E-state index in [-0.39, 0.29) is 0 Å². The zero-order valence-corrected chi connectivity index (χ0v) is 8.21. The number of aromatic nitrogens is 2. The molecule has 1 rings (SSSR count). The van der Waals surface area contributed by atoms with Crippen LogP contribution in [-0.2, 0) is 0 Å². The summed E-state index contributed by atoms with van der Waals surface area (Å²) >= 11 is 3.19. The van der Waals surface area contributed by atoms with Crippen LogP contribution in [0.1, 0.15) is 6.92 Å². The van der Waals surface area contributed by atoms with Crippen LogP contribution in [-0.4, -0.2) is 28.2 Å². The molecule has 1 unspecified atom stereocenters. The van der Waals surface area contributed by atoms with Crippen molar-refractivity contribution in [3.05, 3.63) is 6.33 Å². The van der Waals surface area contributed by atoms with E-state index in [0.717, 1.165) is 10.1 Å². The summed E-state index contributed by atoms with van der Waals surface area (Å²) < 4.78 is 4.96. The first-order valence-corrected chi connectivity index (χ1v) is 5.15. The Labute approximate surface area is 74.8 Å². The average molecular weight is 189 g/mol. The van der Waals surface area contributed by atoms with E-state index in [2.05, 4.69) is 21.6 Å². The molecule has 0 spiro atoms. The van der Waals surface area contributed by atoms with Crippen molar-refractivity contribution in [3.63, 3.8) is 0 Å². The molecule has 62 valence electrons. The molecule has 1 atom stereocenters. The van der Waals surface area contributed by atoms with Gasteiger partial charge in [-0.05, 0) is 25.5 Å². The summed E-state index contributed by atoms with van der Waals surface area (Å²) in [6.07, 6.45) is 1.59. The largest absolute Gasteiger partial charge is 0.316 e. The Morgan fingerprint density at radius 1 is 1.82 bits per heavy atom. The van der Waals surface area contributed by atoms with E-state index >= 15 is 0 Å². The van der Waals surface area contributed by atoms with E-state index < -0.39 is 0 Å². The molecule has 0 radical (unpaired) electrons. The van der Waals surface area contributed by atoms with E-state index in [1.165, 1.54) is 11.5 Å². The smallest absolute Gasteiger partial charge is 0.169 e. The minimum atomic E-state index is 0.531. The number of hydrogen-bond donors (Lipinski definition) is 1. The molecule has 0 saturated carbocycles. The van der Waals surface area contributed by atoms with Crippen molar-refractivity contribution >= 4 is 23.3 Å². The molecule has 3 nitrogen and oxygen atoms in total. The highest BCUT2D eigenvalue weighted by Crippen LogP contribution is 2.18. The first-order chi connectivity index (χ1) is 5.33. The van der Waals surface area contributed by atoms with Gasteiger partial charge in [-0.2, -0.15) is 4.37 Å². The lowest BCUT2D eigenvalue weighted by atomic mass is 10.4. The van der Waals surface area contributed by atoms with Crippen molar-refractivity contribution < 1.29 is 0 Å². The molecular formula is C6H11N3S2. The predicted molar refractivity (Wildman–Crippen MR) is 49.2 cm³/mol. The molecule has 0 fully saturated rings. The van der Waals surface area contributed by atoms with Crippen LogP contribution in [0, 0.1) is 0 Å². The molecular weight excluding hydrogens is 178 g/mol. The highest BCUT2D eigenvalue weighted by atomic mass is 32.2. The van der Waals surface area contributed by atoms with Gasteiger partial charge in [-0.15, -0.1) is 0 Å². The molecule has 11 heavy (non-hydrogen) atoms. The fraction of sp³-hybridized carbons (Fsp3) is 0.667. The monoisotopic (exact) mass is 189 g/mol. The van der Waals surface area contributed by atoms with E-state index in [4.69, 9.17) is 0 Å². The number of thioether (sulfide) groups is 1. The van der Waals surface area contributed by atoms with Crippen molar-refractivity contribution in [1.82, 2.24) is 14.7 Å². The van der Waals surface area contributed by atoms with Gasteiger partial charge in [0.15, 0.2) is 4.34 Å². The van der Waals surface area contributed by atoms with Gasteiger partial charge in [-0.1, -0.05) is 11.8 Å². The zero-order valence-electron chi connectivity index (χ0n) is 6.57. The summed E-state index contributed by atoms with van der Waals surface area (Å²) in [5, 5.41) is 3.16. The Bertz CT molecular complexity index is 188. The van der Waals surface area contributed by atoms with Crippen molar-refractivity contribution in [1.29, 1.82) is 0 Å². The number of nitrogens with zero attached hydrogens (tertiary/aromatic N) is 2. The van der Waals surface area contributed by atoms with Gasteiger partial charge in [-0.3, -0.25) is 0 Å². The molecule has 1 aromatic rings. The highest BCUT2D eigenvalue weighted by Gasteiger charge is 2.01. The van der Waals surface area contributed by atoms with E-state index in [9.17, 15) is 0 Å². The third kappa shape index (κ3) is 3.18. The molecule has 0 aliphatic heterocycles. The second kappa shape index (κ2) is 4.69. The third-order valence-corrected chi connectivity index (χ3v) is 3.35.